The Balaban J connectivity index is 2.61. The van der Waals surface area contributed by atoms with Crippen LogP contribution in [0, 0.1) is 0 Å². The number of rotatable bonds is 3. The minimum absolute atomic E-state index is 0.300. The summed E-state index contributed by atoms with van der Waals surface area (Å²) in [5, 5.41) is 0.300. The first-order valence-electron chi connectivity index (χ1n) is 4.49. The van der Waals surface area contributed by atoms with Gasteiger partial charge in [0.1, 0.15) is 0 Å². The predicted octanol–water partition coefficient (Wildman–Crippen LogP) is 1.94. The number of hydrogen-bond donors (Lipinski definition) is 0. The van der Waals surface area contributed by atoms with E-state index in [4.69, 9.17) is 17.0 Å². The molecule has 3 nitrogen and oxygen atoms in total. The van der Waals surface area contributed by atoms with Crippen LogP contribution in [-0.4, -0.2) is 24.2 Å². The van der Waals surface area contributed by atoms with Crippen molar-refractivity contribution in [2.75, 3.05) is 7.11 Å². The molecule has 0 amide bonds. The van der Waals surface area contributed by atoms with Crippen LogP contribution in [0.5, 0.6) is 0 Å². The maximum atomic E-state index is 11.1. The van der Waals surface area contributed by atoms with Gasteiger partial charge in [-0.2, -0.15) is 0 Å². The fraction of sp³-hybridized carbons (Fsp3) is 0.273. The van der Waals surface area contributed by atoms with Gasteiger partial charge in [0, 0.05) is 5.56 Å². The van der Waals surface area contributed by atoms with Gasteiger partial charge in [-0.3, -0.25) is 0 Å². The van der Waals surface area contributed by atoms with Gasteiger partial charge in [-0.15, -0.1) is 0 Å². The third kappa shape index (κ3) is 3.32. The molecule has 0 N–H and O–H groups in total. The van der Waals surface area contributed by atoms with Gasteiger partial charge in [-0.1, -0.05) is 30.3 Å². The van der Waals surface area contributed by atoms with Gasteiger partial charge in [0.15, 0.2) is 11.2 Å². The normalized spacial score (nSPS) is 11.6. The average Bonchev–Trinajstić information content (AvgIpc) is 2.29. The molecular weight excluding hydrogens is 212 g/mol. The summed E-state index contributed by atoms with van der Waals surface area (Å²) in [4.78, 5) is 11.1. The van der Waals surface area contributed by atoms with E-state index < -0.39 is 12.1 Å². The van der Waals surface area contributed by atoms with Gasteiger partial charge in [0.2, 0.25) is 0 Å². The van der Waals surface area contributed by atoms with Crippen molar-refractivity contribution in [2.45, 2.75) is 13.0 Å². The summed E-state index contributed by atoms with van der Waals surface area (Å²) < 4.78 is 9.77. The molecule has 0 bridgehead atoms. The number of methoxy groups -OCH3 is 1. The summed E-state index contributed by atoms with van der Waals surface area (Å²) in [6.07, 6.45) is -0.678. The molecule has 1 aromatic rings. The Kier molecular flexibility index (Phi) is 4.24. The van der Waals surface area contributed by atoms with E-state index in [1.165, 1.54) is 7.11 Å². The van der Waals surface area contributed by atoms with Crippen LogP contribution in [0.1, 0.15) is 12.5 Å². The highest BCUT2D eigenvalue weighted by atomic mass is 32.1. The number of thiocarbonyl (C=S) groups is 1. The Morgan fingerprint density at radius 2 is 1.93 bits per heavy atom. The molecule has 0 aliphatic carbocycles. The molecule has 15 heavy (non-hydrogen) atoms. The van der Waals surface area contributed by atoms with E-state index in [-0.39, 0.29) is 0 Å². The van der Waals surface area contributed by atoms with Crippen molar-refractivity contribution in [3.05, 3.63) is 35.9 Å². The van der Waals surface area contributed by atoms with Crippen molar-refractivity contribution in [2.24, 2.45) is 0 Å². The molecule has 1 rings (SSSR count). The Bertz CT molecular complexity index is 348. The van der Waals surface area contributed by atoms with Crippen LogP contribution in [0.15, 0.2) is 30.3 Å². The zero-order chi connectivity index (χ0) is 11.3. The zero-order valence-corrected chi connectivity index (χ0v) is 9.41. The molecule has 0 aromatic heterocycles. The molecule has 1 aromatic carbocycles. The standard InChI is InChI=1S/C11H12O3S/c1-8(10(12)13-2)14-11(15)9-6-4-3-5-7-9/h3-8H,1-2H3. The number of benzene rings is 1. The summed E-state index contributed by atoms with van der Waals surface area (Å²) in [6.45, 7) is 1.60. The lowest BCUT2D eigenvalue weighted by Gasteiger charge is -2.12. The molecule has 4 heteroatoms. The maximum absolute atomic E-state index is 11.1. The highest BCUT2D eigenvalue weighted by Gasteiger charge is 2.16. The molecule has 0 aliphatic rings. The summed E-state index contributed by atoms with van der Waals surface area (Å²) in [6, 6.07) is 9.25. The second-order valence-corrected chi connectivity index (χ2v) is 3.31. The van der Waals surface area contributed by atoms with E-state index in [0.717, 1.165) is 5.56 Å². The van der Waals surface area contributed by atoms with Crippen molar-refractivity contribution in [3.8, 4) is 0 Å². The highest BCUT2D eigenvalue weighted by Crippen LogP contribution is 2.05. The lowest BCUT2D eigenvalue weighted by Crippen LogP contribution is -2.24. The molecular formula is C11H12O3S. The number of ether oxygens (including phenoxy) is 2. The van der Waals surface area contributed by atoms with E-state index in [9.17, 15) is 4.79 Å². The lowest BCUT2D eigenvalue weighted by atomic mass is 10.2. The number of carbonyl (C=O) groups is 1. The SMILES string of the molecule is COC(=O)C(C)OC(=S)c1ccccc1. The van der Waals surface area contributed by atoms with Gasteiger partial charge in [0.05, 0.1) is 7.11 Å². The van der Waals surface area contributed by atoms with Crippen LogP contribution in [0.2, 0.25) is 0 Å². The van der Waals surface area contributed by atoms with Crippen molar-refractivity contribution in [1.82, 2.24) is 0 Å². The van der Waals surface area contributed by atoms with Crippen LogP contribution in [0.4, 0.5) is 0 Å². The predicted molar refractivity (Wildman–Crippen MR) is 60.7 cm³/mol. The molecule has 80 valence electrons. The van der Waals surface area contributed by atoms with Gasteiger partial charge in [0.25, 0.3) is 0 Å². The molecule has 0 fully saturated rings. The van der Waals surface area contributed by atoms with Crippen molar-refractivity contribution < 1.29 is 14.3 Å². The first kappa shape index (κ1) is 11.7. The monoisotopic (exact) mass is 224 g/mol. The van der Waals surface area contributed by atoms with Crippen LogP contribution < -0.4 is 0 Å². The highest BCUT2D eigenvalue weighted by molar-refractivity contribution is 7.80. The Hall–Kier alpha value is -1.42. The summed E-state index contributed by atoms with van der Waals surface area (Å²) in [7, 11) is 1.31. The maximum Gasteiger partial charge on any atom is 0.346 e. The van der Waals surface area contributed by atoms with E-state index in [1.807, 2.05) is 30.3 Å². The van der Waals surface area contributed by atoms with Gasteiger partial charge >= 0.3 is 5.97 Å². The first-order valence-corrected chi connectivity index (χ1v) is 4.90. The smallest absolute Gasteiger partial charge is 0.346 e. The van der Waals surface area contributed by atoms with Crippen molar-refractivity contribution in [3.63, 3.8) is 0 Å². The fourth-order valence-electron chi connectivity index (χ4n) is 1.02. The molecule has 0 aliphatic heterocycles. The van der Waals surface area contributed by atoms with E-state index in [1.54, 1.807) is 6.92 Å². The number of hydrogen-bond acceptors (Lipinski definition) is 4. The largest absolute Gasteiger partial charge is 0.468 e. The number of esters is 1. The molecule has 0 heterocycles. The third-order valence-electron chi connectivity index (χ3n) is 1.83. The van der Waals surface area contributed by atoms with Crippen LogP contribution in [0.25, 0.3) is 0 Å². The summed E-state index contributed by atoms with van der Waals surface area (Å²) in [5.74, 6) is -0.437. The summed E-state index contributed by atoms with van der Waals surface area (Å²) >= 11 is 5.03. The van der Waals surface area contributed by atoms with Crippen molar-refractivity contribution in [1.29, 1.82) is 0 Å². The van der Waals surface area contributed by atoms with E-state index in [2.05, 4.69) is 4.74 Å². The molecule has 1 atom stereocenters. The minimum Gasteiger partial charge on any atom is -0.468 e. The van der Waals surface area contributed by atoms with E-state index in [0.29, 0.717) is 5.05 Å². The van der Waals surface area contributed by atoms with Gasteiger partial charge < -0.3 is 9.47 Å². The molecule has 0 saturated carbocycles. The Labute approximate surface area is 94.0 Å². The zero-order valence-electron chi connectivity index (χ0n) is 8.60. The van der Waals surface area contributed by atoms with Gasteiger partial charge in [-0.05, 0) is 19.1 Å². The quantitative estimate of drug-likeness (QED) is 0.580. The third-order valence-corrected chi connectivity index (χ3v) is 2.16. The van der Waals surface area contributed by atoms with Crippen LogP contribution in [0.3, 0.4) is 0 Å². The minimum atomic E-state index is -0.678. The Morgan fingerprint density at radius 3 is 2.47 bits per heavy atom. The lowest BCUT2D eigenvalue weighted by molar-refractivity contribution is -0.148. The Morgan fingerprint density at radius 1 is 1.33 bits per heavy atom. The second kappa shape index (κ2) is 5.46. The second-order valence-electron chi connectivity index (χ2n) is 2.94. The molecule has 0 spiro atoms. The van der Waals surface area contributed by atoms with Crippen LogP contribution in [-0.2, 0) is 14.3 Å². The fourth-order valence-corrected chi connectivity index (χ4v) is 1.30. The topological polar surface area (TPSA) is 35.5 Å². The summed E-state index contributed by atoms with van der Waals surface area (Å²) in [5.41, 5.74) is 0.781. The van der Waals surface area contributed by atoms with Gasteiger partial charge in [-0.25, -0.2) is 4.79 Å². The first-order chi connectivity index (χ1) is 7.15. The molecule has 0 saturated heterocycles. The van der Waals surface area contributed by atoms with E-state index >= 15 is 0 Å². The molecule has 1 unspecified atom stereocenters. The average molecular weight is 224 g/mol. The number of carbonyl (C=O) groups excluding carboxylic acids is 1. The van der Waals surface area contributed by atoms with Crippen LogP contribution >= 0.6 is 12.2 Å². The molecule has 0 radical (unpaired) electrons. The van der Waals surface area contributed by atoms with Crippen molar-refractivity contribution >= 4 is 23.2 Å².